The summed E-state index contributed by atoms with van der Waals surface area (Å²) in [5.41, 5.74) is 0.462. The third-order valence-electron chi connectivity index (χ3n) is 2.71. The van der Waals surface area contributed by atoms with E-state index < -0.39 is 5.60 Å². The quantitative estimate of drug-likeness (QED) is 0.803. The number of benzene rings is 1. The van der Waals surface area contributed by atoms with E-state index in [1.807, 2.05) is 19.1 Å². The lowest BCUT2D eigenvalue weighted by Crippen LogP contribution is -2.26. The van der Waals surface area contributed by atoms with Crippen LogP contribution in [0.3, 0.4) is 0 Å². The number of rotatable bonds is 5. The molecular formula is C14H22O2. The summed E-state index contributed by atoms with van der Waals surface area (Å²) < 4.78 is 0. The molecule has 0 aliphatic carbocycles. The fourth-order valence-corrected chi connectivity index (χ4v) is 2.11. The zero-order valence-corrected chi connectivity index (χ0v) is 10.4. The van der Waals surface area contributed by atoms with Crippen molar-refractivity contribution in [3.05, 3.63) is 29.8 Å². The second-order valence-electron chi connectivity index (χ2n) is 5.26. The van der Waals surface area contributed by atoms with Crippen LogP contribution in [0.5, 0.6) is 5.75 Å². The molecule has 0 fully saturated rings. The van der Waals surface area contributed by atoms with Crippen molar-refractivity contribution in [2.24, 2.45) is 5.92 Å². The fourth-order valence-electron chi connectivity index (χ4n) is 2.11. The molecule has 90 valence electrons. The van der Waals surface area contributed by atoms with Crippen LogP contribution in [0.4, 0.5) is 0 Å². The van der Waals surface area contributed by atoms with Gasteiger partial charge in [0.25, 0.3) is 0 Å². The lowest BCUT2D eigenvalue weighted by Gasteiger charge is -2.25. The first-order chi connectivity index (χ1) is 7.39. The Morgan fingerprint density at radius 3 is 2.56 bits per heavy atom. The Labute approximate surface area is 97.9 Å². The van der Waals surface area contributed by atoms with Crippen LogP contribution in [0.1, 0.15) is 39.2 Å². The van der Waals surface area contributed by atoms with Gasteiger partial charge in [0, 0.05) is 0 Å². The van der Waals surface area contributed by atoms with Crippen molar-refractivity contribution < 1.29 is 10.2 Å². The van der Waals surface area contributed by atoms with Crippen LogP contribution in [0.15, 0.2) is 24.3 Å². The van der Waals surface area contributed by atoms with Gasteiger partial charge in [0.1, 0.15) is 5.75 Å². The summed E-state index contributed by atoms with van der Waals surface area (Å²) in [6, 6.07) is 7.23. The van der Waals surface area contributed by atoms with E-state index in [0.717, 1.165) is 24.8 Å². The minimum Gasteiger partial charge on any atom is -0.508 e. The van der Waals surface area contributed by atoms with Crippen LogP contribution in [0.2, 0.25) is 0 Å². The topological polar surface area (TPSA) is 40.5 Å². The third kappa shape index (κ3) is 4.67. The molecule has 1 rings (SSSR count). The van der Waals surface area contributed by atoms with Crippen LogP contribution < -0.4 is 0 Å². The van der Waals surface area contributed by atoms with Gasteiger partial charge in [-0.2, -0.15) is 0 Å². The maximum Gasteiger partial charge on any atom is 0.115 e. The van der Waals surface area contributed by atoms with Gasteiger partial charge in [-0.1, -0.05) is 26.0 Å². The molecule has 0 bridgehead atoms. The molecule has 1 atom stereocenters. The average molecular weight is 222 g/mol. The lowest BCUT2D eigenvalue weighted by atomic mass is 9.89. The molecule has 0 spiro atoms. The normalized spacial score (nSPS) is 15.1. The minimum atomic E-state index is -0.611. The zero-order valence-electron chi connectivity index (χ0n) is 10.4. The zero-order chi connectivity index (χ0) is 12.2. The van der Waals surface area contributed by atoms with Crippen LogP contribution in [-0.4, -0.2) is 15.8 Å². The minimum absolute atomic E-state index is 0.293. The molecule has 0 saturated heterocycles. The van der Waals surface area contributed by atoms with Crippen molar-refractivity contribution in [3.63, 3.8) is 0 Å². The molecule has 0 aliphatic rings. The molecule has 1 aromatic rings. The van der Waals surface area contributed by atoms with Gasteiger partial charge in [-0.3, -0.25) is 0 Å². The highest BCUT2D eigenvalue weighted by Gasteiger charge is 2.21. The van der Waals surface area contributed by atoms with Gasteiger partial charge in [0.05, 0.1) is 5.60 Å². The summed E-state index contributed by atoms with van der Waals surface area (Å²) in [6.07, 6.45) is 2.34. The standard InChI is InChI=1S/C14H22O2/c1-11(2)10-14(3,16)8-7-12-5-4-6-13(15)9-12/h4-6,9,11,15-16H,7-8,10H2,1-3H3. The highest BCUT2D eigenvalue weighted by atomic mass is 16.3. The maximum absolute atomic E-state index is 10.2. The average Bonchev–Trinajstić information content (AvgIpc) is 2.13. The smallest absolute Gasteiger partial charge is 0.115 e. The summed E-state index contributed by atoms with van der Waals surface area (Å²) in [4.78, 5) is 0. The highest BCUT2D eigenvalue weighted by Crippen LogP contribution is 2.23. The van der Waals surface area contributed by atoms with E-state index in [0.29, 0.717) is 11.7 Å². The van der Waals surface area contributed by atoms with Gasteiger partial charge in [0.15, 0.2) is 0 Å². The summed E-state index contributed by atoms with van der Waals surface area (Å²) in [7, 11) is 0. The maximum atomic E-state index is 10.2. The second kappa shape index (κ2) is 5.35. The van der Waals surface area contributed by atoms with Crippen LogP contribution in [0.25, 0.3) is 0 Å². The molecule has 1 aromatic carbocycles. The Hall–Kier alpha value is -1.02. The first kappa shape index (κ1) is 13.0. The van der Waals surface area contributed by atoms with Crippen molar-refractivity contribution in [2.45, 2.75) is 45.6 Å². The fraction of sp³-hybridized carbons (Fsp3) is 0.571. The Morgan fingerprint density at radius 2 is 2.00 bits per heavy atom. The Kier molecular flexibility index (Phi) is 4.36. The molecule has 2 N–H and O–H groups in total. The van der Waals surface area contributed by atoms with Crippen molar-refractivity contribution in [1.82, 2.24) is 0 Å². The van der Waals surface area contributed by atoms with Crippen molar-refractivity contribution in [1.29, 1.82) is 0 Å². The van der Waals surface area contributed by atoms with E-state index in [4.69, 9.17) is 0 Å². The van der Waals surface area contributed by atoms with Crippen molar-refractivity contribution >= 4 is 0 Å². The molecule has 0 aliphatic heterocycles. The summed E-state index contributed by atoms with van der Waals surface area (Å²) in [5, 5.41) is 19.5. The van der Waals surface area contributed by atoms with Gasteiger partial charge < -0.3 is 10.2 Å². The molecule has 2 nitrogen and oxygen atoms in total. The van der Waals surface area contributed by atoms with E-state index in [1.165, 1.54) is 0 Å². The van der Waals surface area contributed by atoms with Gasteiger partial charge in [-0.05, 0) is 49.8 Å². The molecule has 0 radical (unpaired) electrons. The predicted molar refractivity (Wildman–Crippen MR) is 66.5 cm³/mol. The van der Waals surface area contributed by atoms with Crippen molar-refractivity contribution in [2.75, 3.05) is 0 Å². The first-order valence-corrected chi connectivity index (χ1v) is 5.89. The largest absolute Gasteiger partial charge is 0.508 e. The van der Waals surface area contributed by atoms with E-state index in [1.54, 1.807) is 12.1 Å². The number of aryl methyl sites for hydroxylation is 1. The van der Waals surface area contributed by atoms with Gasteiger partial charge >= 0.3 is 0 Å². The third-order valence-corrected chi connectivity index (χ3v) is 2.71. The Bertz CT molecular complexity index is 329. The Morgan fingerprint density at radius 1 is 1.31 bits per heavy atom. The van der Waals surface area contributed by atoms with E-state index in [2.05, 4.69) is 13.8 Å². The summed E-state index contributed by atoms with van der Waals surface area (Å²) in [6.45, 7) is 6.11. The number of aliphatic hydroxyl groups is 1. The monoisotopic (exact) mass is 222 g/mol. The molecule has 0 saturated carbocycles. The number of phenolic OH excluding ortho intramolecular Hbond substituents is 1. The number of phenols is 1. The number of aromatic hydroxyl groups is 1. The second-order valence-corrected chi connectivity index (χ2v) is 5.26. The Balaban J connectivity index is 2.50. The molecule has 0 heterocycles. The molecule has 16 heavy (non-hydrogen) atoms. The summed E-state index contributed by atoms with van der Waals surface area (Å²) >= 11 is 0. The molecule has 0 amide bonds. The SMILES string of the molecule is CC(C)CC(C)(O)CCc1cccc(O)c1. The summed E-state index contributed by atoms with van der Waals surface area (Å²) in [5.74, 6) is 0.792. The molecule has 1 unspecified atom stereocenters. The van der Waals surface area contributed by atoms with Crippen molar-refractivity contribution in [3.8, 4) is 5.75 Å². The molecule has 0 aromatic heterocycles. The van der Waals surface area contributed by atoms with Gasteiger partial charge in [-0.25, -0.2) is 0 Å². The van der Waals surface area contributed by atoms with Gasteiger partial charge in [0.2, 0.25) is 0 Å². The van der Waals surface area contributed by atoms with Gasteiger partial charge in [-0.15, -0.1) is 0 Å². The van der Waals surface area contributed by atoms with Crippen LogP contribution in [0, 0.1) is 5.92 Å². The lowest BCUT2D eigenvalue weighted by molar-refractivity contribution is 0.0302. The van der Waals surface area contributed by atoms with E-state index >= 15 is 0 Å². The van der Waals surface area contributed by atoms with E-state index in [9.17, 15) is 10.2 Å². The number of hydrogen-bond donors (Lipinski definition) is 2. The van der Waals surface area contributed by atoms with E-state index in [-0.39, 0.29) is 0 Å². The van der Waals surface area contributed by atoms with Crippen LogP contribution >= 0.6 is 0 Å². The predicted octanol–water partition coefficient (Wildman–Crippen LogP) is 3.12. The highest BCUT2D eigenvalue weighted by molar-refractivity contribution is 5.27. The number of hydrogen-bond acceptors (Lipinski definition) is 2. The molecule has 2 heteroatoms. The first-order valence-electron chi connectivity index (χ1n) is 5.89. The molecular weight excluding hydrogens is 200 g/mol. The van der Waals surface area contributed by atoms with Crippen LogP contribution in [-0.2, 0) is 6.42 Å².